The van der Waals surface area contributed by atoms with Crippen molar-refractivity contribution >= 4 is 33.0 Å². The molecule has 2 aromatic heterocycles. The van der Waals surface area contributed by atoms with Crippen LogP contribution in [0.25, 0.3) is 11.2 Å². The van der Waals surface area contributed by atoms with E-state index in [9.17, 15) is 13.2 Å². The average molecular weight is 376 g/mol. The molecule has 9 nitrogen and oxygen atoms in total. The van der Waals surface area contributed by atoms with Crippen LogP contribution in [0, 0.1) is 6.92 Å². The first-order chi connectivity index (χ1) is 12.3. The lowest BCUT2D eigenvalue weighted by molar-refractivity contribution is 0.599. The molecule has 3 rings (SSSR count). The van der Waals surface area contributed by atoms with Gasteiger partial charge < -0.3 is 10.7 Å². The Bertz CT molecular complexity index is 1100. The van der Waals surface area contributed by atoms with E-state index in [1.807, 2.05) is 31.2 Å². The summed E-state index contributed by atoms with van der Waals surface area (Å²) in [6, 6.07) is 7.72. The van der Waals surface area contributed by atoms with E-state index in [0.717, 1.165) is 11.1 Å². The van der Waals surface area contributed by atoms with Crippen molar-refractivity contribution < 1.29 is 8.42 Å². The predicted molar refractivity (Wildman–Crippen MR) is 101 cm³/mol. The van der Waals surface area contributed by atoms with Crippen molar-refractivity contribution in [2.75, 3.05) is 16.2 Å². The van der Waals surface area contributed by atoms with Crippen LogP contribution in [0.2, 0.25) is 0 Å². The van der Waals surface area contributed by atoms with Crippen LogP contribution in [-0.4, -0.2) is 33.7 Å². The minimum absolute atomic E-state index is 0.00366. The lowest BCUT2D eigenvalue weighted by atomic mass is 10.1. The Labute approximate surface area is 150 Å². The number of aromatic nitrogens is 4. The Kier molecular flexibility index (Phi) is 4.68. The second-order valence-corrected chi connectivity index (χ2v) is 7.90. The number of aromatic amines is 1. The fraction of sp³-hybridized carbons (Fsp3) is 0.312. The maximum absolute atomic E-state index is 12.3. The van der Waals surface area contributed by atoms with Gasteiger partial charge in [0, 0.05) is 0 Å². The molecule has 0 unspecified atom stereocenters. The average Bonchev–Trinajstić information content (AvgIpc) is 2.86. The third kappa shape index (κ3) is 3.69. The number of nitrogens with zero attached hydrogens (tertiary/aromatic N) is 3. The van der Waals surface area contributed by atoms with Gasteiger partial charge in [0.25, 0.3) is 0 Å². The van der Waals surface area contributed by atoms with Crippen LogP contribution in [0.15, 0.2) is 29.1 Å². The van der Waals surface area contributed by atoms with E-state index in [4.69, 9.17) is 5.73 Å². The number of H-pyrrole nitrogens is 1. The van der Waals surface area contributed by atoms with Crippen LogP contribution in [0.3, 0.4) is 0 Å². The molecule has 0 aliphatic heterocycles. The summed E-state index contributed by atoms with van der Waals surface area (Å²) in [7, 11) is -3.57. The van der Waals surface area contributed by atoms with Gasteiger partial charge in [0.05, 0.1) is 12.3 Å². The summed E-state index contributed by atoms with van der Waals surface area (Å²) in [6.07, 6.45) is 0.454. The Morgan fingerprint density at radius 2 is 1.92 bits per heavy atom. The Morgan fingerprint density at radius 1 is 1.23 bits per heavy atom. The molecular weight excluding hydrogens is 356 g/mol. The number of nitrogen functional groups attached to an aromatic ring is 1. The third-order valence-corrected chi connectivity index (χ3v) is 5.27. The molecule has 0 fully saturated rings. The van der Waals surface area contributed by atoms with Crippen molar-refractivity contribution in [3.63, 3.8) is 0 Å². The molecule has 3 aromatic rings. The quantitative estimate of drug-likeness (QED) is 0.591. The van der Waals surface area contributed by atoms with Gasteiger partial charge in [0.15, 0.2) is 11.5 Å². The molecule has 0 saturated heterocycles. The molecule has 10 heteroatoms. The fourth-order valence-corrected chi connectivity index (χ4v) is 3.59. The predicted octanol–water partition coefficient (Wildman–Crippen LogP) is 1.21. The van der Waals surface area contributed by atoms with Crippen molar-refractivity contribution in [3.05, 3.63) is 45.9 Å². The summed E-state index contributed by atoms with van der Waals surface area (Å²) in [5.41, 5.74) is 8.03. The summed E-state index contributed by atoms with van der Waals surface area (Å²) in [5.74, 6) is -0.207. The zero-order valence-electron chi connectivity index (χ0n) is 14.5. The number of benzene rings is 1. The van der Waals surface area contributed by atoms with Gasteiger partial charge in [-0.25, -0.2) is 13.2 Å². The lowest BCUT2D eigenvalue weighted by Crippen LogP contribution is -2.19. The van der Waals surface area contributed by atoms with Gasteiger partial charge in [0.1, 0.15) is 5.52 Å². The number of anilines is 2. The van der Waals surface area contributed by atoms with Gasteiger partial charge in [-0.15, -0.1) is 0 Å². The SMILES string of the molecule is CCCS(=O)(=O)Nc1nc(N)c2[nH]c(=O)n(Cc3ccc(C)cc3)c2n1. The first-order valence-electron chi connectivity index (χ1n) is 8.11. The number of rotatable bonds is 6. The number of nitrogens with one attached hydrogen (secondary N) is 2. The van der Waals surface area contributed by atoms with Crippen molar-refractivity contribution in [2.45, 2.75) is 26.8 Å². The van der Waals surface area contributed by atoms with Gasteiger partial charge in [-0.3, -0.25) is 9.29 Å². The van der Waals surface area contributed by atoms with Crippen molar-refractivity contribution in [1.29, 1.82) is 0 Å². The molecular formula is C16H20N6O3S. The molecule has 1 aromatic carbocycles. The largest absolute Gasteiger partial charge is 0.382 e. The number of aryl methyl sites for hydroxylation is 1. The minimum Gasteiger partial charge on any atom is -0.382 e. The zero-order valence-corrected chi connectivity index (χ0v) is 15.3. The minimum atomic E-state index is -3.57. The normalized spacial score (nSPS) is 11.8. The molecule has 0 aliphatic rings. The zero-order chi connectivity index (χ0) is 18.9. The molecule has 0 radical (unpaired) electrons. The highest BCUT2D eigenvalue weighted by atomic mass is 32.2. The van der Waals surface area contributed by atoms with Crippen molar-refractivity contribution in [3.8, 4) is 0 Å². The van der Waals surface area contributed by atoms with E-state index >= 15 is 0 Å². The van der Waals surface area contributed by atoms with E-state index in [0.29, 0.717) is 6.42 Å². The molecule has 0 saturated carbocycles. The van der Waals surface area contributed by atoms with Crippen LogP contribution in [0.1, 0.15) is 24.5 Å². The molecule has 2 heterocycles. The van der Waals surface area contributed by atoms with Crippen molar-refractivity contribution in [2.24, 2.45) is 0 Å². The molecule has 0 atom stereocenters. The Balaban J connectivity index is 2.05. The van der Waals surface area contributed by atoms with Crippen LogP contribution in [0.4, 0.5) is 11.8 Å². The molecule has 0 amide bonds. The number of fused-ring (bicyclic) bond motifs is 1. The van der Waals surface area contributed by atoms with E-state index < -0.39 is 15.7 Å². The summed E-state index contributed by atoms with van der Waals surface area (Å²) < 4.78 is 27.6. The molecule has 0 spiro atoms. The Hall–Kier alpha value is -2.88. The number of imidazole rings is 1. The highest BCUT2D eigenvalue weighted by Gasteiger charge is 2.17. The van der Waals surface area contributed by atoms with Gasteiger partial charge in [0.2, 0.25) is 16.0 Å². The summed E-state index contributed by atoms with van der Waals surface area (Å²) in [4.78, 5) is 23.1. The molecule has 4 N–H and O–H groups in total. The van der Waals surface area contributed by atoms with Crippen molar-refractivity contribution in [1.82, 2.24) is 19.5 Å². The van der Waals surface area contributed by atoms with E-state index in [1.54, 1.807) is 6.92 Å². The van der Waals surface area contributed by atoms with E-state index in [2.05, 4.69) is 19.7 Å². The summed E-state index contributed by atoms with van der Waals surface area (Å²) in [6.45, 7) is 4.00. The maximum Gasteiger partial charge on any atom is 0.328 e. The van der Waals surface area contributed by atoms with Gasteiger partial charge >= 0.3 is 5.69 Å². The van der Waals surface area contributed by atoms with Crippen LogP contribution < -0.4 is 16.1 Å². The van der Waals surface area contributed by atoms with Gasteiger partial charge in [-0.2, -0.15) is 9.97 Å². The fourth-order valence-electron chi connectivity index (χ4n) is 2.58. The van der Waals surface area contributed by atoms with Crippen LogP contribution in [-0.2, 0) is 16.6 Å². The number of hydrogen-bond acceptors (Lipinski definition) is 6. The highest BCUT2D eigenvalue weighted by Crippen LogP contribution is 2.18. The Morgan fingerprint density at radius 3 is 2.58 bits per heavy atom. The first kappa shape index (κ1) is 17.9. The first-order valence-corrected chi connectivity index (χ1v) is 9.76. The summed E-state index contributed by atoms with van der Waals surface area (Å²) >= 11 is 0. The number of sulfonamides is 1. The monoisotopic (exact) mass is 376 g/mol. The molecule has 0 aliphatic carbocycles. The third-order valence-electron chi connectivity index (χ3n) is 3.83. The van der Waals surface area contributed by atoms with Gasteiger partial charge in [-0.05, 0) is 18.9 Å². The maximum atomic E-state index is 12.3. The smallest absolute Gasteiger partial charge is 0.328 e. The molecule has 138 valence electrons. The number of hydrogen-bond donors (Lipinski definition) is 3. The standard InChI is InChI=1S/C16H20N6O3S/c1-3-8-26(24,25)21-15-19-13(17)12-14(20-15)22(16(23)18-12)9-11-6-4-10(2)5-7-11/h4-7H,3,8-9H2,1-2H3,(H,18,23)(H3,17,19,20,21). The molecule has 26 heavy (non-hydrogen) atoms. The van der Waals surface area contributed by atoms with E-state index in [-0.39, 0.29) is 35.2 Å². The second kappa shape index (κ2) is 6.79. The van der Waals surface area contributed by atoms with Crippen LogP contribution >= 0.6 is 0 Å². The summed E-state index contributed by atoms with van der Waals surface area (Å²) in [5, 5.41) is 0. The number of nitrogens with two attached hydrogens (primary N) is 1. The second-order valence-electron chi connectivity index (χ2n) is 6.05. The van der Waals surface area contributed by atoms with E-state index in [1.165, 1.54) is 4.57 Å². The van der Waals surface area contributed by atoms with Gasteiger partial charge in [-0.1, -0.05) is 36.8 Å². The lowest BCUT2D eigenvalue weighted by Gasteiger charge is -2.08. The van der Waals surface area contributed by atoms with Crippen LogP contribution in [0.5, 0.6) is 0 Å². The topological polar surface area (TPSA) is 136 Å². The highest BCUT2D eigenvalue weighted by molar-refractivity contribution is 7.92. The molecule has 0 bridgehead atoms.